The SMILES string of the molecule is CC(C)CCC[C@H](C)[C@@H]1CC[C@@H]2[C@@H]3C[C@@H]4O[C@@]45[C@@H]4OC(C)(C)O[C@@H]4CC[C@]5(C)[C@@H]3CC[C@]21C. The fraction of sp³-hybridized carbons (Fsp3) is 1.00. The standard InChI is InChI=1S/C30H50O3/c1-18(2)9-8-10-19(3)21-11-12-22-20-17-25-30(32-25)26-24(31-27(4,5)33-26)14-16-29(30,7)23(20)13-15-28(21,22)6/h18-26H,8-17H2,1-7H3/t19-,20-,21-,22+,23+,24+,25-,26+,28-,29+,30+/m0/s1. The zero-order chi connectivity index (χ0) is 23.4. The first-order chi connectivity index (χ1) is 15.5. The summed E-state index contributed by atoms with van der Waals surface area (Å²) in [6.45, 7) is 16.8. The van der Waals surface area contributed by atoms with E-state index in [2.05, 4.69) is 48.5 Å². The van der Waals surface area contributed by atoms with Gasteiger partial charge >= 0.3 is 0 Å². The van der Waals surface area contributed by atoms with Gasteiger partial charge in [-0.3, -0.25) is 0 Å². The highest BCUT2D eigenvalue weighted by Gasteiger charge is 2.81. The van der Waals surface area contributed by atoms with Crippen molar-refractivity contribution < 1.29 is 14.2 Å². The highest BCUT2D eigenvalue weighted by atomic mass is 16.8. The molecule has 6 fully saturated rings. The molecule has 2 heterocycles. The summed E-state index contributed by atoms with van der Waals surface area (Å²) in [6, 6.07) is 0. The van der Waals surface area contributed by atoms with E-state index in [0.717, 1.165) is 41.9 Å². The summed E-state index contributed by atoms with van der Waals surface area (Å²) in [5.74, 6) is 4.76. The van der Waals surface area contributed by atoms with Gasteiger partial charge in [-0.15, -0.1) is 0 Å². The molecule has 4 aliphatic carbocycles. The third-order valence-corrected chi connectivity index (χ3v) is 12.1. The van der Waals surface area contributed by atoms with Gasteiger partial charge in [0.05, 0.1) is 12.2 Å². The van der Waals surface area contributed by atoms with Crippen molar-refractivity contribution in [2.45, 2.75) is 142 Å². The molecule has 3 heteroatoms. The number of epoxide rings is 1. The Labute approximate surface area is 203 Å². The van der Waals surface area contributed by atoms with Crippen LogP contribution in [0.1, 0.15) is 113 Å². The molecule has 33 heavy (non-hydrogen) atoms. The maximum absolute atomic E-state index is 6.80. The molecule has 0 aromatic rings. The monoisotopic (exact) mass is 458 g/mol. The van der Waals surface area contributed by atoms with Crippen molar-refractivity contribution in [1.29, 1.82) is 0 Å². The van der Waals surface area contributed by atoms with Gasteiger partial charge in [-0.1, -0.05) is 53.9 Å². The molecule has 4 saturated carbocycles. The minimum Gasteiger partial charge on any atom is -0.362 e. The Bertz CT molecular complexity index is 777. The first kappa shape index (κ1) is 23.3. The average Bonchev–Trinajstić information content (AvgIpc) is 3.21. The summed E-state index contributed by atoms with van der Waals surface area (Å²) in [4.78, 5) is 0. The molecular weight excluding hydrogens is 408 g/mol. The van der Waals surface area contributed by atoms with Crippen LogP contribution in [0.5, 0.6) is 0 Å². The summed E-state index contributed by atoms with van der Waals surface area (Å²) in [6.07, 6.45) is 14.5. The average molecular weight is 459 g/mol. The van der Waals surface area contributed by atoms with Crippen LogP contribution in [-0.4, -0.2) is 29.7 Å². The van der Waals surface area contributed by atoms with E-state index in [4.69, 9.17) is 14.2 Å². The van der Waals surface area contributed by atoms with Crippen LogP contribution in [0.3, 0.4) is 0 Å². The molecule has 0 unspecified atom stereocenters. The second-order valence-electron chi connectivity index (χ2n) is 14.6. The first-order valence-corrected chi connectivity index (χ1v) is 14.6. The Hall–Kier alpha value is -0.120. The van der Waals surface area contributed by atoms with Crippen LogP contribution in [0.25, 0.3) is 0 Å². The molecule has 188 valence electrons. The molecule has 6 rings (SSSR count). The van der Waals surface area contributed by atoms with E-state index in [1.54, 1.807) is 0 Å². The maximum Gasteiger partial charge on any atom is 0.163 e. The lowest BCUT2D eigenvalue weighted by molar-refractivity contribution is -0.166. The van der Waals surface area contributed by atoms with Crippen LogP contribution in [0.2, 0.25) is 0 Å². The molecule has 0 aromatic heterocycles. The molecule has 2 saturated heterocycles. The Kier molecular flexibility index (Phi) is 5.26. The molecule has 0 amide bonds. The lowest BCUT2D eigenvalue weighted by atomic mass is 9.44. The number of ether oxygens (including phenoxy) is 3. The molecule has 1 spiro atoms. The summed E-state index contributed by atoms with van der Waals surface area (Å²) in [7, 11) is 0. The fourth-order valence-corrected chi connectivity index (χ4v) is 10.7. The zero-order valence-corrected chi connectivity index (χ0v) is 22.5. The molecule has 0 bridgehead atoms. The molecule has 2 aliphatic heterocycles. The van der Waals surface area contributed by atoms with Gasteiger partial charge in [-0.2, -0.15) is 0 Å². The van der Waals surface area contributed by atoms with E-state index in [1.165, 1.54) is 57.8 Å². The van der Waals surface area contributed by atoms with Gasteiger partial charge in [-0.05, 0) is 99.7 Å². The smallest absolute Gasteiger partial charge is 0.163 e. The van der Waals surface area contributed by atoms with Gasteiger partial charge in [0, 0.05) is 5.41 Å². The zero-order valence-electron chi connectivity index (χ0n) is 22.5. The Morgan fingerprint density at radius 3 is 2.36 bits per heavy atom. The van der Waals surface area contributed by atoms with Gasteiger partial charge in [0.2, 0.25) is 0 Å². The summed E-state index contributed by atoms with van der Waals surface area (Å²) >= 11 is 0. The van der Waals surface area contributed by atoms with E-state index < -0.39 is 5.79 Å². The van der Waals surface area contributed by atoms with E-state index >= 15 is 0 Å². The van der Waals surface area contributed by atoms with Gasteiger partial charge in [0.25, 0.3) is 0 Å². The lowest BCUT2D eigenvalue weighted by Gasteiger charge is -2.60. The Morgan fingerprint density at radius 2 is 1.61 bits per heavy atom. The predicted octanol–water partition coefficient (Wildman–Crippen LogP) is 7.37. The summed E-state index contributed by atoms with van der Waals surface area (Å²) in [5.41, 5.74) is 0.740. The van der Waals surface area contributed by atoms with Crippen molar-refractivity contribution in [3.05, 3.63) is 0 Å². The predicted molar refractivity (Wildman–Crippen MR) is 132 cm³/mol. The Morgan fingerprint density at radius 1 is 0.818 bits per heavy atom. The van der Waals surface area contributed by atoms with Crippen LogP contribution in [0.15, 0.2) is 0 Å². The molecule has 11 atom stereocenters. The van der Waals surface area contributed by atoms with Crippen LogP contribution in [0.4, 0.5) is 0 Å². The highest BCUT2D eigenvalue weighted by Crippen LogP contribution is 2.75. The van der Waals surface area contributed by atoms with Crippen molar-refractivity contribution in [2.24, 2.45) is 46.3 Å². The van der Waals surface area contributed by atoms with Crippen molar-refractivity contribution >= 4 is 0 Å². The van der Waals surface area contributed by atoms with E-state index in [9.17, 15) is 0 Å². The van der Waals surface area contributed by atoms with Crippen molar-refractivity contribution in [1.82, 2.24) is 0 Å². The van der Waals surface area contributed by atoms with E-state index in [-0.39, 0.29) is 23.2 Å². The van der Waals surface area contributed by atoms with Crippen LogP contribution < -0.4 is 0 Å². The molecular formula is C30H50O3. The molecule has 0 aromatic carbocycles. The molecule has 0 N–H and O–H groups in total. The number of fused-ring (bicyclic) bond motifs is 5. The first-order valence-electron chi connectivity index (χ1n) is 14.6. The second kappa shape index (κ2) is 7.45. The number of rotatable bonds is 5. The third kappa shape index (κ3) is 3.16. The van der Waals surface area contributed by atoms with Crippen LogP contribution in [-0.2, 0) is 14.2 Å². The Balaban J connectivity index is 1.22. The summed E-state index contributed by atoms with van der Waals surface area (Å²) < 4.78 is 19.7. The fourth-order valence-electron chi connectivity index (χ4n) is 10.7. The van der Waals surface area contributed by atoms with Crippen molar-refractivity contribution in [3.8, 4) is 0 Å². The maximum atomic E-state index is 6.80. The van der Waals surface area contributed by atoms with Gasteiger partial charge in [0.1, 0.15) is 11.7 Å². The molecule has 3 nitrogen and oxygen atoms in total. The van der Waals surface area contributed by atoms with Gasteiger partial charge in [-0.25, -0.2) is 0 Å². The molecule has 6 aliphatic rings. The third-order valence-electron chi connectivity index (χ3n) is 12.1. The van der Waals surface area contributed by atoms with E-state index in [0.29, 0.717) is 11.5 Å². The summed E-state index contributed by atoms with van der Waals surface area (Å²) in [5, 5.41) is 0. The van der Waals surface area contributed by atoms with Crippen molar-refractivity contribution in [2.75, 3.05) is 0 Å². The van der Waals surface area contributed by atoms with Crippen LogP contribution >= 0.6 is 0 Å². The number of hydrogen-bond acceptors (Lipinski definition) is 3. The van der Waals surface area contributed by atoms with E-state index in [1.807, 2.05) is 0 Å². The largest absolute Gasteiger partial charge is 0.362 e. The minimum absolute atomic E-state index is 0.0687. The lowest BCUT2D eigenvalue weighted by Crippen LogP contribution is -2.63. The van der Waals surface area contributed by atoms with Gasteiger partial charge < -0.3 is 14.2 Å². The second-order valence-corrected chi connectivity index (χ2v) is 14.6. The molecule has 0 radical (unpaired) electrons. The van der Waals surface area contributed by atoms with Crippen molar-refractivity contribution in [3.63, 3.8) is 0 Å². The number of hydrogen-bond donors (Lipinski definition) is 0. The topological polar surface area (TPSA) is 31.0 Å². The normalized spacial score (nSPS) is 54.7. The quantitative estimate of drug-likeness (QED) is 0.403. The van der Waals surface area contributed by atoms with Crippen LogP contribution in [0, 0.1) is 46.3 Å². The highest BCUT2D eigenvalue weighted by molar-refractivity contribution is 5.28. The van der Waals surface area contributed by atoms with Gasteiger partial charge in [0.15, 0.2) is 5.79 Å². The minimum atomic E-state index is -0.460.